The first-order valence-electron chi connectivity index (χ1n) is 8.02. The third kappa shape index (κ3) is 2.99. The Morgan fingerprint density at radius 1 is 1.10 bits per heavy atom. The monoisotopic (exact) mass is 280 g/mol. The van der Waals surface area contributed by atoms with Crippen LogP contribution in [-0.2, 0) is 9.59 Å². The van der Waals surface area contributed by atoms with Crippen molar-refractivity contribution >= 4 is 11.8 Å². The lowest BCUT2D eigenvalue weighted by Crippen LogP contribution is -2.66. The van der Waals surface area contributed by atoms with Crippen LogP contribution in [0.4, 0.5) is 0 Å². The Morgan fingerprint density at radius 2 is 1.70 bits per heavy atom. The Kier molecular flexibility index (Phi) is 4.71. The van der Waals surface area contributed by atoms with Crippen LogP contribution >= 0.6 is 0 Å². The van der Waals surface area contributed by atoms with Crippen LogP contribution in [0.25, 0.3) is 0 Å². The number of nitrogens with one attached hydrogen (secondary N) is 1. The van der Waals surface area contributed by atoms with Crippen molar-refractivity contribution < 1.29 is 9.59 Å². The van der Waals surface area contributed by atoms with Crippen LogP contribution < -0.4 is 5.32 Å². The standard InChI is InChI=1S/C16H28N2O2/c1-10(2)13-16(20)18(9-12-7-5-6-8-12)14(11(3)4)15(19)17-13/h10-14H,5-9H2,1-4H3,(H,17,19). The summed E-state index contributed by atoms with van der Waals surface area (Å²) in [5.74, 6) is 1.03. The van der Waals surface area contributed by atoms with Crippen molar-refractivity contribution in [3.05, 3.63) is 0 Å². The number of hydrogen-bond acceptors (Lipinski definition) is 2. The molecule has 2 fully saturated rings. The molecule has 2 unspecified atom stereocenters. The van der Waals surface area contributed by atoms with E-state index in [1.54, 1.807) is 0 Å². The molecule has 2 aliphatic rings. The van der Waals surface area contributed by atoms with Crippen LogP contribution in [0, 0.1) is 17.8 Å². The molecule has 0 radical (unpaired) electrons. The van der Waals surface area contributed by atoms with Crippen LogP contribution in [0.3, 0.4) is 0 Å². The molecule has 0 spiro atoms. The van der Waals surface area contributed by atoms with Gasteiger partial charge in [0.15, 0.2) is 0 Å². The second-order valence-corrected chi connectivity index (χ2v) is 7.06. The molecule has 1 saturated carbocycles. The fraction of sp³-hybridized carbons (Fsp3) is 0.875. The van der Waals surface area contributed by atoms with E-state index in [1.807, 2.05) is 32.6 Å². The molecule has 0 aromatic carbocycles. The number of amides is 2. The highest BCUT2D eigenvalue weighted by molar-refractivity contribution is 5.97. The van der Waals surface area contributed by atoms with Crippen molar-refractivity contribution in [1.29, 1.82) is 0 Å². The van der Waals surface area contributed by atoms with Crippen LogP contribution in [0.1, 0.15) is 53.4 Å². The molecule has 114 valence electrons. The lowest BCUT2D eigenvalue weighted by molar-refractivity contribution is -0.153. The van der Waals surface area contributed by atoms with Crippen LogP contribution in [0.15, 0.2) is 0 Å². The first kappa shape index (κ1) is 15.3. The quantitative estimate of drug-likeness (QED) is 0.858. The summed E-state index contributed by atoms with van der Waals surface area (Å²) in [4.78, 5) is 27.0. The molecule has 1 aliphatic heterocycles. The minimum absolute atomic E-state index is 0.0243. The van der Waals surface area contributed by atoms with Gasteiger partial charge in [-0.25, -0.2) is 0 Å². The second kappa shape index (κ2) is 6.15. The van der Waals surface area contributed by atoms with Crippen LogP contribution in [-0.4, -0.2) is 35.3 Å². The maximum absolute atomic E-state index is 12.7. The fourth-order valence-corrected chi connectivity index (χ4v) is 3.55. The maximum atomic E-state index is 12.7. The third-order valence-corrected chi connectivity index (χ3v) is 4.68. The normalized spacial score (nSPS) is 28.6. The van der Waals surface area contributed by atoms with Gasteiger partial charge >= 0.3 is 0 Å². The average Bonchev–Trinajstić information content (AvgIpc) is 2.85. The summed E-state index contributed by atoms with van der Waals surface area (Å²) in [6.45, 7) is 8.79. The molecular weight excluding hydrogens is 252 g/mol. The van der Waals surface area contributed by atoms with Crippen LogP contribution in [0.2, 0.25) is 0 Å². The zero-order chi connectivity index (χ0) is 14.9. The molecule has 1 heterocycles. The van der Waals surface area contributed by atoms with E-state index in [9.17, 15) is 9.59 Å². The van der Waals surface area contributed by atoms with Gasteiger partial charge in [0.25, 0.3) is 0 Å². The number of nitrogens with zero attached hydrogens (tertiary/aromatic N) is 1. The van der Waals surface area contributed by atoms with Crippen molar-refractivity contribution in [1.82, 2.24) is 10.2 Å². The van der Waals surface area contributed by atoms with E-state index < -0.39 is 0 Å². The van der Waals surface area contributed by atoms with E-state index in [-0.39, 0.29) is 35.7 Å². The van der Waals surface area contributed by atoms with Gasteiger partial charge in [-0.3, -0.25) is 9.59 Å². The van der Waals surface area contributed by atoms with E-state index in [0.717, 1.165) is 6.54 Å². The summed E-state index contributed by atoms with van der Waals surface area (Å²) in [7, 11) is 0. The SMILES string of the molecule is CC(C)C1NC(=O)C(C(C)C)N(CC2CCCC2)C1=O. The van der Waals surface area contributed by atoms with Gasteiger partial charge in [0.05, 0.1) is 0 Å². The minimum atomic E-state index is -0.348. The summed E-state index contributed by atoms with van der Waals surface area (Å²) in [6, 6.07) is -0.642. The summed E-state index contributed by atoms with van der Waals surface area (Å²) >= 11 is 0. The fourth-order valence-electron chi connectivity index (χ4n) is 3.55. The Labute approximate surface area is 122 Å². The van der Waals surface area contributed by atoms with Gasteiger partial charge in [0, 0.05) is 6.54 Å². The Bertz CT molecular complexity index is 373. The second-order valence-electron chi connectivity index (χ2n) is 7.06. The molecule has 0 bridgehead atoms. The van der Waals surface area contributed by atoms with Crippen molar-refractivity contribution in [2.24, 2.45) is 17.8 Å². The summed E-state index contributed by atoms with van der Waals surface area (Å²) in [5, 5.41) is 2.92. The lowest BCUT2D eigenvalue weighted by atomic mass is 9.91. The molecule has 0 aromatic rings. The van der Waals surface area contributed by atoms with Crippen molar-refractivity contribution in [2.45, 2.75) is 65.5 Å². The van der Waals surface area contributed by atoms with Gasteiger partial charge in [0.1, 0.15) is 12.1 Å². The van der Waals surface area contributed by atoms with Crippen molar-refractivity contribution in [3.8, 4) is 0 Å². The minimum Gasteiger partial charge on any atom is -0.342 e. The molecule has 4 heteroatoms. The Balaban J connectivity index is 2.18. The highest BCUT2D eigenvalue weighted by Gasteiger charge is 2.43. The molecule has 2 amide bonds. The third-order valence-electron chi connectivity index (χ3n) is 4.68. The number of piperazine rings is 1. The van der Waals surface area contributed by atoms with E-state index in [4.69, 9.17) is 0 Å². The van der Waals surface area contributed by atoms with Crippen LogP contribution in [0.5, 0.6) is 0 Å². The first-order chi connectivity index (χ1) is 9.41. The Hall–Kier alpha value is -1.06. The smallest absolute Gasteiger partial charge is 0.246 e. The number of carbonyl (C=O) groups excluding carboxylic acids is 2. The predicted molar refractivity (Wildman–Crippen MR) is 79.1 cm³/mol. The summed E-state index contributed by atoms with van der Waals surface area (Å²) in [6.07, 6.45) is 4.92. The zero-order valence-corrected chi connectivity index (χ0v) is 13.2. The maximum Gasteiger partial charge on any atom is 0.246 e. The summed E-state index contributed by atoms with van der Waals surface area (Å²) in [5.41, 5.74) is 0. The molecule has 2 atom stereocenters. The van der Waals surface area contributed by atoms with Gasteiger partial charge in [-0.1, -0.05) is 40.5 Å². The van der Waals surface area contributed by atoms with Gasteiger partial charge in [-0.05, 0) is 30.6 Å². The molecule has 1 N–H and O–H groups in total. The molecule has 0 aromatic heterocycles. The van der Waals surface area contributed by atoms with E-state index in [0.29, 0.717) is 5.92 Å². The van der Waals surface area contributed by atoms with E-state index >= 15 is 0 Å². The highest BCUT2D eigenvalue weighted by atomic mass is 16.2. The van der Waals surface area contributed by atoms with Crippen molar-refractivity contribution in [3.63, 3.8) is 0 Å². The highest BCUT2D eigenvalue weighted by Crippen LogP contribution is 2.29. The molecule has 4 nitrogen and oxygen atoms in total. The molecule has 20 heavy (non-hydrogen) atoms. The van der Waals surface area contributed by atoms with Gasteiger partial charge in [-0.2, -0.15) is 0 Å². The molecule has 1 aliphatic carbocycles. The lowest BCUT2D eigenvalue weighted by Gasteiger charge is -2.43. The molecule has 1 saturated heterocycles. The Morgan fingerprint density at radius 3 is 2.20 bits per heavy atom. The number of rotatable bonds is 4. The largest absolute Gasteiger partial charge is 0.342 e. The topological polar surface area (TPSA) is 49.4 Å². The van der Waals surface area contributed by atoms with E-state index in [1.165, 1.54) is 25.7 Å². The van der Waals surface area contributed by atoms with E-state index in [2.05, 4.69) is 5.32 Å². The first-order valence-corrected chi connectivity index (χ1v) is 8.02. The number of hydrogen-bond donors (Lipinski definition) is 1. The van der Waals surface area contributed by atoms with Gasteiger partial charge in [0.2, 0.25) is 11.8 Å². The number of carbonyl (C=O) groups is 2. The summed E-state index contributed by atoms with van der Waals surface area (Å²) < 4.78 is 0. The zero-order valence-electron chi connectivity index (χ0n) is 13.2. The van der Waals surface area contributed by atoms with Gasteiger partial charge in [-0.15, -0.1) is 0 Å². The van der Waals surface area contributed by atoms with Gasteiger partial charge < -0.3 is 10.2 Å². The molecule has 2 rings (SSSR count). The predicted octanol–water partition coefficient (Wildman–Crippen LogP) is 2.18. The molecular formula is C16H28N2O2. The van der Waals surface area contributed by atoms with Crippen molar-refractivity contribution in [2.75, 3.05) is 6.54 Å². The average molecular weight is 280 g/mol.